The molecule has 11 heteroatoms. The van der Waals surface area contributed by atoms with Crippen molar-refractivity contribution in [2.24, 2.45) is 16.5 Å². The summed E-state index contributed by atoms with van der Waals surface area (Å²) in [6.07, 6.45) is 3.93. The SMILES string of the molecule is CS(=O)(=O)N1CC2(CC(Cc3nonc3C(Cc3ccc(F)c(Br)c3)=NO)C2)C1. The molecule has 1 aromatic heterocycles. The predicted molar refractivity (Wildman–Crippen MR) is 106 cm³/mol. The van der Waals surface area contributed by atoms with Crippen LogP contribution in [0.3, 0.4) is 0 Å². The van der Waals surface area contributed by atoms with Crippen molar-refractivity contribution in [1.82, 2.24) is 14.6 Å². The van der Waals surface area contributed by atoms with Crippen LogP contribution in [0, 0.1) is 17.2 Å². The highest BCUT2D eigenvalue weighted by Crippen LogP contribution is 2.53. The van der Waals surface area contributed by atoms with E-state index in [0.717, 1.165) is 18.4 Å². The molecule has 2 heterocycles. The minimum atomic E-state index is -3.11. The van der Waals surface area contributed by atoms with Gasteiger partial charge in [-0.05, 0) is 69.4 Å². The Labute approximate surface area is 175 Å². The highest BCUT2D eigenvalue weighted by molar-refractivity contribution is 9.10. The van der Waals surface area contributed by atoms with Crippen LogP contribution in [-0.4, -0.2) is 53.3 Å². The Morgan fingerprint density at radius 1 is 1.41 bits per heavy atom. The van der Waals surface area contributed by atoms with E-state index in [2.05, 4.69) is 31.4 Å². The maximum atomic E-state index is 13.4. The van der Waals surface area contributed by atoms with Gasteiger partial charge >= 0.3 is 0 Å². The lowest BCUT2D eigenvalue weighted by atomic mass is 9.57. The van der Waals surface area contributed by atoms with Gasteiger partial charge in [-0.25, -0.2) is 21.7 Å². The third-order valence-electron chi connectivity index (χ3n) is 5.72. The summed E-state index contributed by atoms with van der Waals surface area (Å²) in [6, 6.07) is 4.56. The van der Waals surface area contributed by atoms with Crippen LogP contribution in [0.25, 0.3) is 0 Å². The van der Waals surface area contributed by atoms with Crippen LogP contribution < -0.4 is 0 Å². The second-order valence-corrected chi connectivity index (χ2v) is 10.9. The molecule has 8 nitrogen and oxygen atoms in total. The van der Waals surface area contributed by atoms with Gasteiger partial charge < -0.3 is 5.21 Å². The second-order valence-electron chi connectivity index (χ2n) is 8.04. The van der Waals surface area contributed by atoms with Crippen molar-refractivity contribution >= 4 is 31.7 Å². The standard InChI is InChI=1S/C18H20BrFN4O4S/c1-29(26,27)24-9-18(10-24)7-12(8-18)6-16-17(23-28-22-16)15(21-25)5-11-2-3-14(20)13(19)4-11/h2-4,12,25H,5-10H2,1H3. The molecule has 29 heavy (non-hydrogen) atoms. The molecular formula is C18H20BrFN4O4S. The number of halogens is 2. The highest BCUT2D eigenvalue weighted by Gasteiger charge is 2.54. The summed E-state index contributed by atoms with van der Waals surface area (Å²) >= 11 is 3.15. The molecule has 4 rings (SSSR count). The lowest BCUT2D eigenvalue weighted by Gasteiger charge is -2.58. The molecule has 1 saturated heterocycles. The Morgan fingerprint density at radius 2 is 2.14 bits per heavy atom. The van der Waals surface area contributed by atoms with Crippen molar-refractivity contribution in [2.45, 2.75) is 25.7 Å². The van der Waals surface area contributed by atoms with E-state index in [1.54, 1.807) is 12.1 Å². The molecule has 1 spiro atoms. The fourth-order valence-electron chi connectivity index (χ4n) is 4.35. The van der Waals surface area contributed by atoms with Gasteiger partial charge in [0, 0.05) is 19.5 Å². The molecule has 1 aromatic carbocycles. The Morgan fingerprint density at radius 3 is 2.76 bits per heavy atom. The molecule has 2 aliphatic rings. The number of hydrogen-bond acceptors (Lipinski definition) is 7. The first kappa shape index (κ1) is 20.4. The first-order valence-electron chi connectivity index (χ1n) is 9.11. The normalized spacial score (nSPS) is 19.9. The van der Waals surface area contributed by atoms with E-state index < -0.39 is 10.0 Å². The third kappa shape index (κ3) is 4.08. The van der Waals surface area contributed by atoms with Gasteiger partial charge in [-0.3, -0.25) is 0 Å². The zero-order valence-corrected chi connectivity index (χ0v) is 18.1. The Balaban J connectivity index is 1.39. The van der Waals surface area contributed by atoms with Crippen molar-refractivity contribution in [3.8, 4) is 0 Å². The monoisotopic (exact) mass is 486 g/mol. The van der Waals surface area contributed by atoms with Gasteiger partial charge in [0.05, 0.1) is 10.7 Å². The molecule has 1 saturated carbocycles. The van der Waals surface area contributed by atoms with E-state index in [1.165, 1.54) is 16.6 Å². The first-order valence-corrected chi connectivity index (χ1v) is 11.7. The number of rotatable bonds is 6. The van der Waals surface area contributed by atoms with E-state index >= 15 is 0 Å². The van der Waals surface area contributed by atoms with E-state index in [4.69, 9.17) is 4.63 Å². The molecule has 0 amide bonds. The number of oxime groups is 1. The van der Waals surface area contributed by atoms with Crippen molar-refractivity contribution in [3.63, 3.8) is 0 Å². The molecule has 0 bridgehead atoms. The van der Waals surface area contributed by atoms with Gasteiger partial charge in [0.1, 0.15) is 17.2 Å². The molecule has 2 fully saturated rings. The smallest absolute Gasteiger partial charge is 0.211 e. The van der Waals surface area contributed by atoms with E-state index in [1.807, 2.05) is 0 Å². The van der Waals surface area contributed by atoms with Crippen molar-refractivity contribution in [2.75, 3.05) is 19.3 Å². The number of aromatic nitrogens is 2. The highest BCUT2D eigenvalue weighted by atomic mass is 79.9. The summed E-state index contributed by atoms with van der Waals surface area (Å²) in [4.78, 5) is 0. The molecule has 1 aliphatic carbocycles. The fraction of sp³-hybridized carbons (Fsp3) is 0.500. The van der Waals surface area contributed by atoms with Gasteiger partial charge in [0.25, 0.3) is 0 Å². The molecule has 2 aromatic rings. The zero-order chi connectivity index (χ0) is 20.8. The predicted octanol–water partition coefficient (Wildman–Crippen LogP) is 2.61. The second kappa shape index (κ2) is 7.44. The van der Waals surface area contributed by atoms with Gasteiger partial charge in [0.2, 0.25) is 10.0 Å². The van der Waals surface area contributed by atoms with Gasteiger partial charge in [-0.2, -0.15) is 0 Å². The minimum absolute atomic E-state index is 0.0827. The van der Waals surface area contributed by atoms with Crippen LogP contribution in [-0.2, 0) is 22.9 Å². The Hall–Kier alpha value is -1.85. The number of benzene rings is 1. The maximum absolute atomic E-state index is 13.4. The summed E-state index contributed by atoms with van der Waals surface area (Å²) in [5.41, 5.74) is 2.12. The zero-order valence-electron chi connectivity index (χ0n) is 15.7. The molecular weight excluding hydrogens is 467 g/mol. The van der Waals surface area contributed by atoms with Crippen molar-refractivity contribution in [3.05, 3.63) is 45.4 Å². The minimum Gasteiger partial charge on any atom is -0.411 e. The topological polar surface area (TPSA) is 109 Å². The number of sulfonamides is 1. The third-order valence-corrected chi connectivity index (χ3v) is 7.53. The molecule has 1 N–H and O–H groups in total. The van der Waals surface area contributed by atoms with Gasteiger partial charge in [-0.1, -0.05) is 16.4 Å². The van der Waals surface area contributed by atoms with Crippen LogP contribution in [0.2, 0.25) is 0 Å². The number of hydrogen-bond donors (Lipinski definition) is 1. The van der Waals surface area contributed by atoms with Crippen LogP contribution in [0.1, 0.15) is 29.8 Å². The quantitative estimate of drug-likeness (QED) is 0.381. The van der Waals surface area contributed by atoms with Crippen molar-refractivity contribution in [1.29, 1.82) is 0 Å². The molecule has 0 unspecified atom stereocenters. The lowest BCUT2D eigenvalue weighted by molar-refractivity contribution is -0.0523. The van der Waals surface area contributed by atoms with Crippen molar-refractivity contribution < 1.29 is 22.6 Å². The molecule has 0 radical (unpaired) electrons. The van der Waals surface area contributed by atoms with Crippen LogP contribution in [0.5, 0.6) is 0 Å². The average molecular weight is 487 g/mol. The molecule has 1 aliphatic heterocycles. The summed E-state index contributed by atoms with van der Waals surface area (Å²) in [5, 5.41) is 20.7. The molecule has 156 valence electrons. The van der Waals surface area contributed by atoms with E-state index in [9.17, 15) is 18.0 Å². The largest absolute Gasteiger partial charge is 0.411 e. The first-order chi connectivity index (χ1) is 13.7. The van der Waals surface area contributed by atoms with Gasteiger partial charge in [0.15, 0.2) is 5.69 Å². The fourth-order valence-corrected chi connectivity index (χ4v) is 5.79. The summed E-state index contributed by atoms with van der Waals surface area (Å²) in [7, 11) is -3.11. The van der Waals surface area contributed by atoms with Crippen LogP contribution >= 0.6 is 15.9 Å². The average Bonchev–Trinajstić information content (AvgIpc) is 3.03. The van der Waals surface area contributed by atoms with Crippen LogP contribution in [0.4, 0.5) is 4.39 Å². The van der Waals surface area contributed by atoms with E-state index in [-0.39, 0.29) is 17.7 Å². The maximum Gasteiger partial charge on any atom is 0.211 e. The number of nitrogens with zero attached hydrogens (tertiary/aromatic N) is 4. The summed E-state index contributed by atoms with van der Waals surface area (Å²) < 4.78 is 43.3. The Bertz CT molecular complexity index is 1060. The summed E-state index contributed by atoms with van der Waals surface area (Å²) in [5.74, 6) is -0.0216. The lowest BCUT2D eigenvalue weighted by Crippen LogP contribution is -2.63. The molecule has 0 atom stereocenters. The van der Waals surface area contributed by atoms with Gasteiger partial charge in [-0.15, -0.1) is 0 Å². The Kier molecular flexibility index (Phi) is 5.24. The van der Waals surface area contributed by atoms with Crippen LogP contribution in [0.15, 0.2) is 32.5 Å². The van der Waals surface area contributed by atoms with E-state index in [0.29, 0.717) is 47.0 Å². The summed E-state index contributed by atoms with van der Waals surface area (Å²) in [6.45, 7) is 1.16.